The lowest BCUT2D eigenvalue weighted by molar-refractivity contribution is -0.132. The summed E-state index contributed by atoms with van der Waals surface area (Å²) >= 11 is 0. The number of halogens is 1. The molecule has 2 heterocycles. The summed E-state index contributed by atoms with van der Waals surface area (Å²) in [6, 6.07) is 12.3. The summed E-state index contributed by atoms with van der Waals surface area (Å²) in [5, 5.41) is 11.1. The first-order chi connectivity index (χ1) is 15.5. The Balaban J connectivity index is 1.93. The Kier molecular flexibility index (Phi) is 5.68. The Morgan fingerprint density at radius 2 is 1.97 bits per heavy atom. The fourth-order valence-corrected chi connectivity index (χ4v) is 3.72. The standard InChI is InChI=1S/C24H20FNO6/c1-3-31-16-7-4-6-15(13-16)26-21(19-8-5-11-32-19)20(23(28)24(26)29)22(27)17-12-14(25)9-10-18(17)30-2/h4-13,21,27H,3H2,1-2H3/b22-20-. The van der Waals surface area contributed by atoms with Gasteiger partial charge in [-0.2, -0.15) is 0 Å². The lowest BCUT2D eigenvalue weighted by Gasteiger charge is -2.24. The van der Waals surface area contributed by atoms with Crippen molar-refractivity contribution < 1.29 is 33.0 Å². The second-order valence-corrected chi connectivity index (χ2v) is 6.96. The second-order valence-electron chi connectivity index (χ2n) is 6.96. The first-order valence-electron chi connectivity index (χ1n) is 9.87. The predicted molar refractivity (Wildman–Crippen MR) is 114 cm³/mol. The quantitative estimate of drug-likeness (QED) is 0.348. The van der Waals surface area contributed by atoms with Crippen molar-refractivity contribution >= 4 is 23.1 Å². The minimum absolute atomic E-state index is 0.0508. The van der Waals surface area contributed by atoms with Crippen LogP contribution in [0.5, 0.6) is 11.5 Å². The average Bonchev–Trinajstić information content (AvgIpc) is 3.41. The first kappa shape index (κ1) is 21.2. The van der Waals surface area contributed by atoms with Crippen LogP contribution in [0.1, 0.15) is 24.3 Å². The number of carbonyl (C=O) groups excluding carboxylic acids is 2. The van der Waals surface area contributed by atoms with Gasteiger partial charge in [0, 0.05) is 11.8 Å². The molecule has 7 nitrogen and oxygen atoms in total. The number of ether oxygens (including phenoxy) is 2. The molecule has 3 aromatic rings. The zero-order valence-electron chi connectivity index (χ0n) is 17.4. The van der Waals surface area contributed by atoms with Crippen LogP contribution in [0.15, 0.2) is 70.9 Å². The maximum absolute atomic E-state index is 13.9. The van der Waals surface area contributed by atoms with E-state index in [9.17, 15) is 19.1 Å². The zero-order chi connectivity index (χ0) is 22.8. The van der Waals surface area contributed by atoms with Crippen LogP contribution in [-0.2, 0) is 9.59 Å². The predicted octanol–water partition coefficient (Wildman–Crippen LogP) is 4.45. The number of aliphatic hydroxyl groups is 1. The minimum atomic E-state index is -1.07. The molecule has 0 saturated carbocycles. The molecule has 0 radical (unpaired) electrons. The van der Waals surface area contributed by atoms with E-state index in [2.05, 4.69) is 0 Å². The second kappa shape index (κ2) is 8.58. The van der Waals surface area contributed by atoms with Crippen molar-refractivity contribution in [2.75, 3.05) is 18.6 Å². The van der Waals surface area contributed by atoms with Gasteiger partial charge in [0.05, 0.1) is 31.1 Å². The van der Waals surface area contributed by atoms with Gasteiger partial charge in [0.15, 0.2) is 0 Å². The van der Waals surface area contributed by atoms with Crippen molar-refractivity contribution in [3.8, 4) is 11.5 Å². The number of anilines is 1. The Bertz CT molecular complexity index is 1200. The van der Waals surface area contributed by atoms with Gasteiger partial charge in [-0.05, 0) is 49.4 Å². The van der Waals surface area contributed by atoms with Crippen LogP contribution in [0, 0.1) is 5.82 Å². The van der Waals surface area contributed by atoms with Gasteiger partial charge in [0.2, 0.25) is 0 Å². The van der Waals surface area contributed by atoms with Gasteiger partial charge >= 0.3 is 0 Å². The molecule has 1 fully saturated rings. The first-order valence-corrected chi connectivity index (χ1v) is 9.87. The van der Waals surface area contributed by atoms with Crippen LogP contribution in [0.3, 0.4) is 0 Å². The topological polar surface area (TPSA) is 89.2 Å². The molecule has 164 valence electrons. The molecule has 1 saturated heterocycles. The number of rotatable bonds is 6. The highest BCUT2D eigenvalue weighted by Crippen LogP contribution is 2.44. The minimum Gasteiger partial charge on any atom is -0.507 e. The van der Waals surface area contributed by atoms with Gasteiger partial charge in [-0.1, -0.05) is 6.07 Å². The number of amides is 1. The molecule has 0 bridgehead atoms. The fourth-order valence-electron chi connectivity index (χ4n) is 3.72. The molecule has 0 spiro atoms. The van der Waals surface area contributed by atoms with Crippen LogP contribution in [0.4, 0.5) is 10.1 Å². The van der Waals surface area contributed by atoms with E-state index < -0.39 is 29.3 Å². The third kappa shape index (κ3) is 3.60. The summed E-state index contributed by atoms with van der Waals surface area (Å²) in [7, 11) is 1.35. The van der Waals surface area contributed by atoms with E-state index in [4.69, 9.17) is 13.9 Å². The molecular formula is C24H20FNO6. The molecule has 2 aromatic carbocycles. The van der Waals surface area contributed by atoms with Gasteiger partial charge in [-0.3, -0.25) is 14.5 Å². The lowest BCUT2D eigenvalue weighted by Crippen LogP contribution is -2.29. The molecule has 1 aromatic heterocycles. The highest BCUT2D eigenvalue weighted by Gasteiger charge is 2.48. The van der Waals surface area contributed by atoms with Crippen molar-refractivity contribution in [3.05, 3.63) is 83.6 Å². The molecule has 0 aliphatic carbocycles. The van der Waals surface area contributed by atoms with Gasteiger partial charge in [0.25, 0.3) is 11.7 Å². The van der Waals surface area contributed by atoms with Gasteiger partial charge in [0.1, 0.15) is 34.9 Å². The average molecular weight is 437 g/mol. The van der Waals surface area contributed by atoms with Gasteiger partial charge in [-0.15, -0.1) is 0 Å². The Hall–Kier alpha value is -4.07. The third-order valence-electron chi connectivity index (χ3n) is 5.08. The number of ketones is 1. The molecule has 4 rings (SSSR count). The molecule has 32 heavy (non-hydrogen) atoms. The molecular weight excluding hydrogens is 417 g/mol. The number of aliphatic hydroxyl groups excluding tert-OH is 1. The van der Waals surface area contributed by atoms with E-state index in [1.54, 1.807) is 36.4 Å². The lowest BCUT2D eigenvalue weighted by atomic mass is 9.98. The van der Waals surface area contributed by atoms with E-state index in [0.29, 0.717) is 18.0 Å². The smallest absolute Gasteiger partial charge is 0.300 e. The van der Waals surface area contributed by atoms with E-state index >= 15 is 0 Å². The normalized spacial score (nSPS) is 17.6. The molecule has 1 unspecified atom stereocenters. The number of nitrogens with zero attached hydrogens (tertiary/aromatic N) is 1. The number of hydrogen-bond donors (Lipinski definition) is 1. The molecule has 1 N–H and O–H groups in total. The summed E-state index contributed by atoms with van der Waals surface area (Å²) < 4.78 is 30.2. The van der Waals surface area contributed by atoms with E-state index in [0.717, 1.165) is 12.1 Å². The summed E-state index contributed by atoms with van der Waals surface area (Å²) in [6.07, 6.45) is 1.40. The molecule has 1 atom stereocenters. The highest BCUT2D eigenvalue weighted by molar-refractivity contribution is 6.51. The Labute approximate surface area is 183 Å². The molecule has 1 amide bonds. The summed E-state index contributed by atoms with van der Waals surface area (Å²) in [6.45, 7) is 2.25. The number of methoxy groups -OCH3 is 1. The van der Waals surface area contributed by atoms with Crippen LogP contribution in [0.25, 0.3) is 5.76 Å². The maximum Gasteiger partial charge on any atom is 0.300 e. The largest absolute Gasteiger partial charge is 0.507 e. The van der Waals surface area contributed by atoms with Crippen LogP contribution in [-0.4, -0.2) is 30.5 Å². The van der Waals surface area contributed by atoms with Crippen molar-refractivity contribution in [1.82, 2.24) is 0 Å². The Morgan fingerprint density at radius 3 is 2.66 bits per heavy atom. The van der Waals surface area contributed by atoms with E-state index in [-0.39, 0.29) is 22.6 Å². The van der Waals surface area contributed by atoms with Gasteiger partial charge in [-0.25, -0.2) is 4.39 Å². The van der Waals surface area contributed by atoms with E-state index in [1.807, 2.05) is 6.92 Å². The molecule has 1 aliphatic heterocycles. The van der Waals surface area contributed by atoms with Crippen molar-refractivity contribution in [2.45, 2.75) is 13.0 Å². The SMILES string of the molecule is CCOc1cccc(N2C(=O)C(=O)/C(=C(\O)c3cc(F)ccc3OC)C2c2ccco2)c1. The Morgan fingerprint density at radius 1 is 1.16 bits per heavy atom. The fraction of sp³-hybridized carbons (Fsp3) is 0.167. The van der Waals surface area contributed by atoms with Crippen molar-refractivity contribution in [1.29, 1.82) is 0 Å². The van der Waals surface area contributed by atoms with Crippen LogP contribution in [0.2, 0.25) is 0 Å². The summed E-state index contributed by atoms with van der Waals surface area (Å²) in [4.78, 5) is 27.4. The van der Waals surface area contributed by atoms with Crippen LogP contribution >= 0.6 is 0 Å². The monoisotopic (exact) mass is 437 g/mol. The number of benzene rings is 2. The molecule has 1 aliphatic rings. The summed E-state index contributed by atoms with van der Waals surface area (Å²) in [5.41, 5.74) is 0.0884. The number of Topliss-reactive ketones (excluding diaryl/α,β-unsaturated/α-hetero) is 1. The molecule has 8 heteroatoms. The number of carbonyl (C=O) groups is 2. The zero-order valence-corrected chi connectivity index (χ0v) is 17.4. The van der Waals surface area contributed by atoms with Crippen LogP contribution < -0.4 is 14.4 Å². The van der Waals surface area contributed by atoms with Crippen molar-refractivity contribution in [3.63, 3.8) is 0 Å². The summed E-state index contributed by atoms with van der Waals surface area (Å²) in [5.74, 6) is -2.09. The number of hydrogen-bond acceptors (Lipinski definition) is 6. The number of furan rings is 1. The third-order valence-corrected chi connectivity index (χ3v) is 5.08. The van der Waals surface area contributed by atoms with Gasteiger partial charge < -0.3 is 19.0 Å². The highest BCUT2D eigenvalue weighted by atomic mass is 19.1. The van der Waals surface area contributed by atoms with E-state index in [1.165, 1.54) is 24.3 Å². The van der Waals surface area contributed by atoms with Crippen molar-refractivity contribution in [2.24, 2.45) is 0 Å². The maximum atomic E-state index is 13.9.